The smallest absolute Gasteiger partial charge is 0.410 e. The molecule has 11 heteroatoms. The van der Waals surface area contributed by atoms with Gasteiger partial charge >= 0.3 is 15.5 Å². The fourth-order valence-corrected chi connectivity index (χ4v) is 3.13. The zero-order valence-corrected chi connectivity index (χ0v) is 13.9. The fourth-order valence-electron chi connectivity index (χ4n) is 2.52. The van der Waals surface area contributed by atoms with Gasteiger partial charge in [-0.2, -0.15) is 21.6 Å². The Morgan fingerprint density at radius 3 is 2.52 bits per heavy atom. The highest BCUT2D eigenvalue weighted by Gasteiger charge is 2.46. The highest BCUT2D eigenvalue weighted by atomic mass is 32.2. The number of nitrogens with one attached hydrogen (secondary N) is 1. The van der Waals surface area contributed by atoms with Gasteiger partial charge in [0.15, 0.2) is 0 Å². The molecule has 0 aromatic heterocycles. The average Bonchev–Trinajstić information content (AvgIpc) is 2.83. The molecule has 1 heterocycles. The van der Waals surface area contributed by atoms with Crippen LogP contribution in [0, 0.1) is 5.92 Å². The number of halogens is 3. The van der Waals surface area contributed by atoms with Gasteiger partial charge in [-0.15, -0.1) is 0 Å². The molecule has 1 unspecified atom stereocenters. The van der Waals surface area contributed by atoms with Crippen LogP contribution in [0.1, 0.15) is 18.9 Å². The van der Waals surface area contributed by atoms with Crippen LogP contribution >= 0.6 is 0 Å². The molecule has 1 aromatic carbocycles. The first kappa shape index (κ1) is 19.0. The Morgan fingerprint density at radius 1 is 1.36 bits per heavy atom. The molecule has 1 aliphatic heterocycles. The second-order valence-electron chi connectivity index (χ2n) is 5.48. The fraction of sp³-hybridized carbons (Fsp3) is 0.429. The van der Waals surface area contributed by atoms with E-state index in [1.807, 2.05) is 0 Å². The molecule has 0 radical (unpaired) electrons. The van der Waals surface area contributed by atoms with Gasteiger partial charge in [0.25, 0.3) is 5.91 Å². The van der Waals surface area contributed by atoms with Crippen molar-refractivity contribution < 1.29 is 31.6 Å². The van der Waals surface area contributed by atoms with Crippen LogP contribution in [0.4, 0.5) is 18.9 Å². The molecule has 25 heavy (non-hydrogen) atoms. The van der Waals surface area contributed by atoms with Gasteiger partial charge in [-0.25, -0.2) is 0 Å². The molecule has 2 rings (SSSR count). The number of oxime groups is 1. The van der Waals surface area contributed by atoms with Gasteiger partial charge in [0.1, 0.15) is 5.71 Å². The number of carbonyl (C=O) groups is 1. The van der Waals surface area contributed by atoms with Crippen molar-refractivity contribution >= 4 is 27.3 Å². The topological polar surface area (TPSA) is 99.1 Å². The summed E-state index contributed by atoms with van der Waals surface area (Å²) < 4.78 is 61.8. The zero-order chi connectivity index (χ0) is 18.8. The van der Waals surface area contributed by atoms with E-state index in [9.17, 15) is 26.4 Å². The summed E-state index contributed by atoms with van der Waals surface area (Å²) in [5, 5.41) is 11.9. The molecule has 1 fully saturated rings. The number of benzene rings is 1. The second-order valence-corrected chi connectivity index (χ2v) is 7.16. The Morgan fingerprint density at radius 2 is 2.00 bits per heavy atom. The van der Waals surface area contributed by atoms with Gasteiger partial charge in [-0.1, -0.05) is 30.3 Å². The Bertz CT molecular complexity index is 793. The summed E-state index contributed by atoms with van der Waals surface area (Å²) in [5.41, 5.74) is -5.54. The number of sulfonamides is 1. The average molecular weight is 379 g/mol. The van der Waals surface area contributed by atoms with Gasteiger partial charge in [0.05, 0.1) is 5.69 Å². The zero-order valence-electron chi connectivity index (χ0n) is 13.1. The standard InChI is InChI=1S/C14H16F3N3O4S/c1-2-9-7-20(13(21)12(9)18-22)8-10-5-3-4-6-11(10)19-25(23,24)14(15,16)17/h3-6,9,19,22H,2,7-8H2,1H3/b18-12+. The molecule has 1 amide bonds. The lowest BCUT2D eigenvalue weighted by Gasteiger charge is -2.19. The van der Waals surface area contributed by atoms with Gasteiger partial charge in [-0.05, 0) is 18.1 Å². The van der Waals surface area contributed by atoms with E-state index < -0.39 is 21.4 Å². The van der Waals surface area contributed by atoms with Crippen LogP contribution in [0.2, 0.25) is 0 Å². The maximum atomic E-state index is 12.6. The number of hydrogen-bond donors (Lipinski definition) is 2. The van der Waals surface area contributed by atoms with E-state index in [1.54, 1.807) is 6.92 Å². The van der Waals surface area contributed by atoms with E-state index in [2.05, 4.69) is 5.16 Å². The summed E-state index contributed by atoms with van der Waals surface area (Å²) in [6.45, 7) is 1.91. The molecular formula is C14H16F3N3O4S. The van der Waals surface area contributed by atoms with Crippen molar-refractivity contribution in [3.05, 3.63) is 29.8 Å². The first-order valence-corrected chi connectivity index (χ1v) is 8.77. The van der Waals surface area contributed by atoms with Crippen molar-refractivity contribution in [1.29, 1.82) is 0 Å². The van der Waals surface area contributed by atoms with Gasteiger partial charge in [-0.3, -0.25) is 9.52 Å². The first-order chi connectivity index (χ1) is 11.6. The SMILES string of the molecule is CCC1CN(Cc2ccccc2NS(=O)(=O)C(F)(F)F)C(=O)/C1=N/O. The molecule has 1 atom stereocenters. The molecule has 0 spiro atoms. The summed E-state index contributed by atoms with van der Waals surface area (Å²) in [6, 6.07) is 5.48. The van der Waals surface area contributed by atoms with Crippen molar-refractivity contribution in [3.63, 3.8) is 0 Å². The van der Waals surface area contributed by atoms with E-state index in [1.165, 1.54) is 33.9 Å². The van der Waals surface area contributed by atoms with E-state index in [-0.39, 0.29) is 36.0 Å². The summed E-state index contributed by atoms with van der Waals surface area (Å²) in [4.78, 5) is 13.5. The van der Waals surface area contributed by atoms with E-state index in [0.29, 0.717) is 6.42 Å². The molecule has 1 aromatic rings. The number of amides is 1. The van der Waals surface area contributed by atoms with E-state index in [0.717, 1.165) is 0 Å². The Hall–Kier alpha value is -2.30. The third-order valence-electron chi connectivity index (χ3n) is 3.86. The molecule has 138 valence electrons. The van der Waals surface area contributed by atoms with Gasteiger partial charge < -0.3 is 10.1 Å². The van der Waals surface area contributed by atoms with Crippen molar-refractivity contribution in [1.82, 2.24) is 4.90 Å². The minimum absolute atomic E-state index is 0.0177. The molecule has 0 aliphatic carbocycles. The Kier molecular flexibility index (Phi) is 5.26. The van der Waals surface area contributed by atoms with Crippen LogP contribution < -0.4 is 4.72 Å². The Balaban J connectivity index is 2.27. The Labute approximate surface area is 142 Å². The number of anilines is 1. The molecule has 0 bridgehead atoms. The minimum Gasteiger partial charge on any atom is -0.410 e. The van der Waals surface area contributed by atoms with Crippen molar-refractivity contribution in [2.24, 2.45) is 11.1 Å². The molecular weight excluding hydrogens is 363 g/mol. The summed E-state index contributed by atoms with van der Waals surface area (Å²) in [6.07, 6.45) is 0.546. The van der Waals surface area contributed by atoms with E-state index >= 15 is 0 Å². The van der Waals surface area contributed by atoms with Gasteiger partial charge in [0, 0.05) is 19.0 Å². The number of hydrogen-bond acceptors (Lipinski definition) is 5. The first-order valence-electron chi connectivity index (χ1n) is 7.29. The maximum absolute atomic E-state index is 12.6. The molecule has 2 N–H and O–H groups in total. The van der Waals surface area contributed by atoms with Crippen LogP contribution in [-0.2, 0) is 21.4 Å². The van der Waals surface area contributed by atoms with Gasteiger partial charge in [0.2, 0.25) is 0 Å². The number of alkyl halides is 3. The van der Waals surface area contributed by atoms with Crippen LogP contribution in [0.3, 0.4) is 0 Å². The van der Waals surface area contributed by atoms with Crippen LogP contribution in [0.25, 0.3) is 0 Å². The lowest BCUT2D eigenvalue weighted by Crippen LogP contribution is -2.31. The normalized spacial score (nSPS) is 20.3. The van der Waals surface area contributed by atoms with Crippen molar-refractivity contribution in [3.8, 4) is 0 Å². The maximum Gasteiger partial charge on any atom is 0.516 e. The highest BCUT2D eigenvalue weighted by Crippen LogP contribution is 2.28. The summed E-state index contributed by atoms with van der Waals surface area (Å²) >= 11 is 0. The monoisotopic (exact) mass is 379 g/mol. The molecule has 0 saturated carbocycles. The van der Waals surface area contributed by atoms with Crippen LogP contribution in [0.5, 0.6) is 0 Å². The van der Waals surface area contributed by atoms with Crippen LogP contribution in [0.15, 0.2) is 29.4 Å². The predicted octanol–water partition coefficient (Wildman–Crippen LogP) is 2.15. The van der Waals surface area contributed by atoms with Crippen molar-refractivity contribution in [2.45, 2.75) is 25.4 Å². The predicted molar refractivity (Wildman–Crippen MR) is 83.5 cm³/mol. The number of carbonyl (C=O) groups excluding carboxylic acids is 1. The summed E-state index contributed by atoms with van der Waals surface area (Å²) in [7, 11) is -5.57. The minimum atomic E-state index is -5.57. The number of likely N-dealkylation sites (tertiary alicyclic amines) is 1. The molecule has 1 aliphatic rings. The highest BCUT2D eigenvalue weighted by molar-refractivity contribution is 7.93. The third kappa shape index (κ3) is 3.86. The van der Waals surface area contributed by atoms with Crippen molar-refractivity contribution in [2.75, 3.05) is 11.3 Å². The number of para-hydroxylation sites is 1. The lowest BCUT2D eigenvalue weighted by molar-refractivity contribution is -0.123. The number of rotatable bonds is 5. The third-order valence-corrected chi connectivity index (χ3v) is 4.96. The quantitative estimate of drug-likeness (QED) is 0.605. The molecule has 1 saturated heterocycles. The van der Waals surface area contributed by atoms with E-state index in [4.69, 9.17) is 5.21 Å². The number of nitrogens with zero attached hydrogens (tertiary/aromatic N) is 2. The summed E-state index contributed by atoms with van der Waals surface area (Å²) in [5.74, 6) is -0.834. The largest absolute Gasteiger partial charge is 0.516 e. The van der Waals surface area contributed by atoms with Crippen LogP contribution in [-0.4, -0.2) is 42.2 Å². The second kappa shape index (κ2) is 6.90. The molecule has 7 nitrogen and oxygen atoms in total. The lowest BCUT2D eigenvalue weighted by atomic mass is 10.0.